The van der Waals surface area contributed by atoms with E-state index in [9.17, 15) is 0 Å². The van der Waals surface area contributed by atoms with Gasteiger partial charge in [-0.2, -0.15) is 0 Å². The number of rotatable bonds is 1. The number of hydrogen-bond donors (Lipinski definition) is 0. The largest absolute Gasteiger partial charge is 0.0622 e. The predicted molar refractivity (Wildman–Crippen MR) is 55.1 cm³/mol. The van der Waals surface area contributed by atoms with E-state index >= 15 is 0 Å². The molecule has 0 heterocycles. The molecule has 0 aliphatic heterocycles. The second-order valence-corrected chi connectivity index (χ2v) is 6.26. The van der Waals surface area contributed by atoms with Gasteiger partial charge in [-0.25, -0.2) is 0 Å². The Balaban J connectivity index is 2.91. The molecule has 0 nitrogen and oxygen atoms in total. The lowest BCUT2D eigenvalue weighted by atomic mass is 9.37. The van der Waals surface area contributed by atoms with Gasteiger partial charge in [-0.15, -0.1) is 0 Å². The molecule has 0 spiro atoms. The van der Waals surface area contributed by atoms with Crippen molar-refractivity contribution in [3.8, 4) is 0 Å². The number of hydrogen-bond acceptors (Lipinski definition) is 0. The molecule has 1 atom stereocenters. The van der Waals surface area contributed by atoms with Gasteiger partial charge in [-0.1, -0.05) is 48.5 Å². The molecule has 0 radical (unpaired) electrons. The van der Waals surface area contributed by atoms with Crippen molar-refractivity contribution in [2.75, 3.05) is 0 Å². The van der Waals surface area contributed by atoms with Crippen molar-refractivity contribution in [3.05, 3.63) is 0 Å². The minimum absolute atomic E-state index is 0.494. The van der Waals surface area contributed by atoms with Crippen LogP contribution in [-0.4, -0.2) is 0 Å². The van der Waals surface area contributed by atoms with E-state index in [4.69, 9.17) is 0 Å². The maximum atomic E-state index is 2.45. The average molecular weight is 168 g/mol. The molecule has 0 N–H and O–H groups in total. The summed E-state index contributed by atoms with van der Waals surface area (Å²) in [6.07, 6.45) is 1.38. The van der Waals surface area contributed by atoms with Gasteiger partial charge in [0.25, 0.3) is 0 Å². The predicted octanol–water partition coefficient (Wildman–Crippen LogP) is 4.10. The highest BCUT2D eigenvalue weighted by Crippen LogP contribution is 2.70. The quantitative estimate of drug-likeness (QED) is 0.553. The van der Waals surface area contributed by atoms with Crippen LogP contribution in [0.15, 0.2) is 0 Å². The lowest BCUT2D eigenvalue weighted by Gasteiger charge is -2.68. The van der Waals surface area contributed by atoms with Gasteiger partial charge in [0.1, 0.15) is 0 Å². The van der Waals surface area contributed by atoms with Crippen molar-refractivity contribution >= 4 is 0 Å². The summed E-state index contributed by atoms with van der Waals surface area (Å²) in [4.78, 5) is 0. The van der Waals surface area contributed by atoms with Gasteiger partial charge < -0.3 is 0 Å². The summed E-state index contributed by atoms with van der Waals surface area (Å²) in [5, 5.41) is 0. The van der Waals surface area contributed by atoms with Crippen LogP contribution in [0.1, 0.15) is 54.9 Å². The summed E-state index contributed by atoms with van der Waals surface area (Å²) >= 11 is 0. The van der Waals surface area contributed by atoms with Crippen LogP contribution in [0.2, 0.25) is 0 Å². The molecular weight excluding hydrogens is 144 g/mol. The lowest BCUT2D eigenvalue weighted by molar-refractivity contribution is -0.192. The van der Waals surface area contributed by atoms with Crippen LogP contribution in [0.4, 0.5) is 0 Å². The highest BCUT2D eigenvalue weighted by atomic mass is 14.7. The SMILES string of the molecule is CC(C)C1(C)CC(C)(C)C1(C)C. The monoisotopic (exact) mass is 168 g/mol. The molecule has 0 saturated heterocycles. The molecular formula is C12H24. The standard InChI is InChI=1S/C12H24/c1-9(2)12(7)8-10(3,4)11(12,5)6/h9H,8H2,1-7H3. The molecule has 12 heavy (non-hydrogen) atoms. The third kappa shape index (κ3) is 0.900. The van der Waals surface area contributed by atoms with E-state index < -0.39 is 0 Å². The fourth-order valence-electron chi connectivity index (χ4n) is 2.95. The van der Waals surface area contributed by atoms with Crippen LogP contribution in [0.3, 0.4) is 0 Å². The Morgan fingerprint density at radius 2 is 1.33 bits per heavy atom. The first kappa shape index (κ1) is 10.1. The summed E-state index contributed by atoms with van der Waals surface area (Å²) in [5.74, 6) is 0.806. The van der Waals surface area contributed by atoms with Crippen molar-refractivity contribution in [3.63, 3.8) is 0 Å². The molecule has 1 saturated carbocycles. The molecule has 0 bridgehead atoms. The molecule has 1 aliphatic carbocycles. The highest BCUT2D eigenvalue weighted by Gasteiger charge is 2.62. The zero-order valence-corrected chi connectivity index (χ0v) is 9.78. The fraction of sp³-hybridized carbons (Fsp3) is 1.00. The molecule has 0 amide bonds. The Kier molecular flexibility index (Phi) is 1.91. The van der Waals surface area contributed by atoms with E-state index in [0.29, 0.717) is 16.2 Å². The summed E-state index contributed by atoms with van der Waals surface area (Å²) in [6.45, 7) is 16.8. The second kappa shape index (κ2) is 2.27. The Morgan fingerprint density at radius 1 is 0.917 bits per heavy atom. The van der Waals surface area contributed by atoms with E-state index in [2.05, 4.69) is 48.5 Å². The van der Waals surface area contributed by atoms with Gasteiger partial charge in [0, 0.05) is 0 Å². The molecule has 1 rings (SSSR count). The third-order valence-corrected chi connectivity index (χ3v) is 5.20. The van der Waals surface area contributed by atoms with Crippen molar-refractivity contribution in [2.45, 2.75) is 54.9 Å². The van der Waals surface area contributed by atoms with E-state index in [1.165, 1.54) is 6.42 Å². The smallest absolute Gasteiger partial charge is 0.0241 e. The van der Waals surface area contributed by atoms with Crippen LogP contribution >= 0.6 is 0 Å². The molecule has 0 aromatic rings. The second-order valence-electron chi connectivity index (χ2n) is 6.26. The summed E-state index contributed by atoms with van der Waals surface area (Å²) in [7, 11) is 0. The first-order valence-electron chi connectivity index (χ1n) is 5.15. The maximum absolute atomic E-state index is 2.45. The molecule has 0 heteroatoms. The van der Waals surface area contributed by atoms with E-state index in [1.807, 2.05) is 0 Å². The highest BCUT2D eigenvalue weighted by molar-refractivity contribution is 5.11. The van der Waals surface area contributed by atoms with Gasteiger partial charge in [-0.3, -0.25) is 0 Å². The van der Waals surface area contributed by atoms with Gasteiger partial charge in [-0.05, 0) is 28.6 Å². The summed E-state index contributed by atoms with van der Waals surface area (Å²) < 4.78 is 0. The van der Waals surface area contributed by atoms with Gasteiger partial charge in [0.2, 0.25) is 0 Å². The topological polar surface area (TPSA) is 0 Å². The van der Waals surface area contributed by atoms with Gasteiger partial charge >= 0.3 is 0 Å². The Labute approximate surface area is 77.7 Å². The lowest BCUT2D eigenvalue weighted by Crippen LogP contribution is -2.60. The fourth-order valence-corrected chi connectivity index (χ4v) is 2.95. The summed E-state index contributed by atoms with van der Waals surface area (Å²) in [5.41, 5.74) is 1.58. The molecule has 72 valence electrons. The summed E-state index contributed by atoms with van der Waals surface area (Å²) in [6, 6.07) is 0. The van der Waals surface area contributed by atoms with E-state index in [1.54, 1.807) is 0 Å². The zero-order chi connectivity index (χ0) is 9.78. The van der Waals surface area contributed by atoms with Crippen LogP contribution < -0.4 is 0 Å². The normalized spacial score (nSPS) is 38.0. The van der Waals surface area contributed by atoms with Gasteiger partial charge in [0.05, 0.1) is 0 Å². The average Bonchev–Trinajstić information content (AvgIpc) is 1.85. The Hall–Kier alpha value is 0. The van der Waals surface area contributed by atoms with Crippen LogP contribution in [0.25, 0.3) is 0 Å². The van der Waals surface area contributed by atoms with E-state index in [0.717, 1.165) is 5.92 Å². The maximum Gasteiger partial charge on any atom is -0.0241 e. The van der Waals surface area contributed by atoms with Crippen molar-refractivity contribution in [1.29, 1.82) is 0 Å². The van der Waals surface area contributed by atoms with Crippen LogP contribution in [-0.2, 0) is 0 Å². The minimum atomic E-state index is 0.494. The Bertz CT molecular complexity index is 183. The zero-order valence-electron chi connectivity index (χ0n) is 9.78. The van der Waals surface area contributed by atoms with Crippen molar-refractivity contribution in [1.82, 2.24) is 0 Å². The van der Waals surface area contributed by atoms with Gasteiger partial charge in [0.15, 0.2) is 0 Å². The van der Waals surface area contributed by atoms with E-state index in [-0.39, 0.29) is 0 Å². The third-order valence-electron chi connectivity index (χ3n) is 5.20. The van der Waals surface area contributed by atoms with Crippen molar-refractivity contribution < 1.29 is 0 Å². The van der Waals surface area contributed by atoms with Crippen LogP contribution in [0, 0.1) is 22.2 Å². The minimum Gasteiger partial charge on any atom is -0.0622 e. The van der Waals surface area contributed by atoms with Crippen LogP contribution in [0.5, 0.6) is 0 Å². The van der Waals surface area contributed by atoms with Crippen molar-refractivity contribution in [2.24, 2.45) is 22.2 Å². The molecule has 0 aromatic carbocycles. The molecule has 1 fully saturated rings. The first-order valence-corrected chi connectivity index (χ1v) is 5.15. The molecule has 1 unspecified atom stereocenters. The Morgan fingerprint density at radius 3 is 1.42 bits per heavy atom. The molecule has 1 aliphatic rings. The molecule has 0 aromatic heterocycles. The first-order chi connectivity index (χ1) is 5.15.